The maximum absolute atomic E-state index is 11.8. The van der Waals surface area contributed by atoms with Crippen LogP contribution in [0.5, 0.6) is 0 Å². The van der Waals surface area contributed by atoms with Gasteiger partial charge in [0.25, 0.3) is 0 Å². The Morgan fingerprint density at radius 3 is 2.70 bits per heavy atom. The van der Waals surface area contributed by atoms with E-state index >= 15 is 0 Å². The fourth-order valence-electron chi connectivity index (χ4n) is 2.08. The number of thiocarbonyl (C=S) groups is 1. The van der Waals surface area contributed by atoms with E-state index in [9.17, 15) is 4.79 Å². The molecule has 122 valence electrons. The zero-order valence-corrected chi connectivity index (χ0v) is 14.9. The van der Waals surface area contributed by atoms with E-state index in [0.717, 1.165) is 29.3 Å². The quantitative estimate of drug-likeness (QED) is 0.617. The summed E-state index contributed by atoms with van der Waals surface area (Å²) in [4.78, 5) is 12.9. The number of thiophene rings is 1. The first-order valence-corrected chi connectivity index (χ1v) is 8.66. The van der Waals surface area contributed by atoms with Crippen LogP contribution in [0.2, 0.25) is 0 Å². The maximum Gasteiger partial charge on any atom is 0.340 e. The minimum absolute atomic E-state index is 0.351. The van der Waals surface area contributed by atoms with Crippen LogP contribution in [0.15, 0.2) is 36.4 Å². The standard InChI is InChI=1S/C17H20N2O2S2/c1-3-13-11-14(16(20)21-2)15(23-13)19-17(22)18-10-9-12-7-5-4-6-8-12/h4-8,11H,3,9-10H2,1-2H3,(H2,18,19,22). The summed E-state index contributed by atoms with van der Waals surface area (Å²) in [5.74, 6) is -0.351. The molecule has 0 bridgehead atoms. The number of aryl methyl sites for hydroxylation is 1. The lowest BCUT2D eigenvalue weighted by Crippen LogP contribution is -2.30. The van der Waals surface area contributed by atoms with Gasteiger partial charge in [0.2, 0.25) is 0 Å². The van der Waals surface area contributed by atoms with E-state index in [4.69, 9.17) is 17.0 Å². The summed E-state index contributed by atoms with van der Waals surface area (Å²) in [6.45, 7) is 2.78. The molecule has 1 aromatic heterocycles. The van der Waals surface area contributed by atoms with Crippen molar-refractivity contribution in [3.8, 4) is 0 Å². The Hall–Kier alpha value is -1.92. The predicted octanol–water partition coefficient (Wildman–Crippen LogP) is 3.63. The van der Waals surface area contributed by atoms with Gasteiger partial charge in [0.1, 0.15) is 5.00 Å². The Bertz CT molecular complexity index is 668. The van der Waals surface area contributed by atoms with Crippen molar-refractivity contribution in [1.29, 1.82) is 0 Å². The molecule has 1 aromatic carbocycles. The first-order valence-electron chi connectivity index (χ1n) is 7.43. The lowest BCUT2D eigenvalue weighted by Gasteiger charge is -2.10. The molecule has 0 saturated heterocycles. The molecular formula is C17H20N2O2S2. The van der Waals surface area contributed by atoms with Gasteiger partial charge < -0.3 is 15.4 Å². The minimum atomic E-state index is -0.351. The summed E-state index contributed by atoms with van der Waals surface area (Å²) in [5.41, 5.74) is 1.78. The summed E-state index contributed by atoms with van der Waals surface area (Å²) >= 11 is 6.83. The fraction of sp³-hybridized carbons (Fsp3) is 0.294. The van der Waals surface area contributed by atoms with Gasteiger partial charge in [-0.2, -0.15) is 0 Å². The molecule has 0 spiro atoms. The van der Waals surface area contributed by atoms with Gasteiger partial charge in [0.15, 0.2) is 5.11 Å². The van der Waals surface area contributed by atoms with E-state index in [1.807, 2.05) is 31.2 Å². The predicted molar refractivity (Wildman–Crippen MR) is 99.4 cm³/mol. The minimum Gasteiger partial charge on any atom is -0.465 e. The average Bonchev–Trinajstić information content (AvgIpc) is 2.98. The highest BCUT2D eigenvalue weighted by Gasteiger charge is 2.16. The molecule has 23 heavy (non-hydrogen) atoms. The summed E-state index contributed by atoms with van der Waals surface area (Å²) in [5, 5.41) is 7.51. The summed E-state index contributed by atoms with van der Waals surface area (Å²) in [6.07, 6.45) is 1.75. The van der Waals surface area contributed by atoms with Gasteiger partial charge >= 0.3 is 5.97 Å². The normalized spacial score (nSPS) is 10.2. The molecule has 0 atom stereocenters. The number of hydrogen-bond donors (Lipinski definition) is 2. The molecule has 0 radical (unpaired) electrons. The van der Waals surface area contributed by atoms with E-state index in [1.54, 1.807) is 0 Å². The van der Waals surface area contributed by atoms with Crippen molar-refractivity contribution in [3.63, 3.8) is 0 Å². The molecule has 2 rings (SSSR count). The number of hydrogen-bond acceptors (Lipinski definition) is 4. The van der Waals surface area contributed by atoms with Gasteiger partial charge in [0, 0.05) is 11.4 Å². The molecule has 1 heterocycles. The molecule has 0 aliphatic heterocycles. The molecule has 0 aliphatic carbocycles. The molecule has 0 amide bonds. The average molecular weight is 348 g/mol. The van der Waals surface area contributed by atoms with E-state index in [1.165, 1.54) is 24.0 Å². The second-order valence-electron chi connectivity index (χ2n) is 4.92. The Morgan fingerprint density at radius 1 is 1.30 bits per heavy atom. The molecule has 6 heteroatoms. The second-order valence-corrected chi connectivity index (χ2v) is 6.46. The Morgan fingerprint density at radius 2 is 2.04 bits per heavy atom. The molecule has 2 N–H and O–H groups in total. The van der Waals surface area contributed by atoms with Gasteiger partial charge in [-0.25, -0.2) is 4.79 Å². The van der Waals surface area contributed by atoms with Crippen molar-refractivity contribution >= 4 is 39.6 Å². The second kappa shape index (κ2) is 8.64. The molecule has 4 nitrogen and oxygen atoms in total. The third-order valence-electron chi connectivity index (χ3n) is 3.31. The topological polar surface area (TPSA) is 50.4 Å². The first-order chi connectivity index (χ1) is 11.1. The number of rotatable bonds is 6. The van der Waals surface area contributed by atoms with Gasteiger partial charge in [-0.3, -0.25) is 0 Å². The monoisotopic (exact) mass is 348 g/mol. The summed E-state index contributed by atoms with van der Waals surface area (Å²) in [7, 11) is 1.38. The number of carbonyl (C=O) groups is 1. The molecule has 0 fully saturated rings. The number of esters is 1. The fourth-order valence-corrected chi connectivity index (χ4v) is 3.34. The van der Waals surface area contributed by atoms with Crippen LogP contribution in [0, 0.1) is 0 Å². The number of carbonyl (C=O) groups excluding carboxylic acids is 1. The van der Waals surface area contributed by atoms with Crippen LogP contribution >= 0.6 is 23.6 Å². The van der Waals surface area contributed by atoms with Gasteiger partial charge in [-0.15, -0.1) is 11.3 Å². The lowest BCUT2D eigenvalue weighted by molar-refractivity contribution is 0.0602. The Labute approximate surface area is 145 Å². The highest BCUT2D eigenvalue weighted by atomic mass is 32.1. The zero-order valence-electron chi connectivity index (χ0n) is 13.2. The van der Waals surface area contributed by atoms with Crippen LogP contribution in [0.1, 0.15) is 27.7 Å². The number of ether oxygens (including phenoxy) is 1. The van der Waals surface area contributed by atoms with Crippen molar-refractivity contribution in [2.75, 3.05) is 19.0 Å². The van der Waals surface area contributed by atoms with Crippen LogP contribution < -0.4 is 10.6 Å². The third-order valence-corrected chi connectivity index (χ3v) is 4.75. The number of benzene rings is 1. The first kappa shape index (κ1) is 17.4. The highest BCUT2D eigenvalue weighted by molar-refractivity contribution is 7.80. The van der Waals surface area contributed by atoms with E-state index in [0.29, 0.717) is 10.7 Å². The van der Waals surface area contributed by atoms with Crippen LogP contribution in [0.25, 0.3) is 0 Å². The van der Waals surface area contributed by atoms with E-state index in [-0.39, 0.29) is 5.97 Å². The molecule has 0 unspecified atom stereocenters. The van der Waals surface area contributed by atoms with Crippen LogP contribution in [0.3, 0.4) is 0 Å². The molecule has 0 aliphatic rings. The van der Waals surface area contributed by atoms with Gasteiger partial charge in [-0.05, 0) is 36.7 Å². The van der Waals surface area contributed by atoms with Gasteiger partial charge in [-0.1, -0.05) is 37.3 Å². The zero-order chi connectivity index (χ0) is 16.7. The van der Waals surface area contributed by atoms with Crippen molar-refractivity contribution in [3.05, 3.63) is 52.4 Å². The largest absolute Gasteiger partial charge is 0.465 e. The van der Waals surface area contributed by atoms with Crippen LogP contribution in [0.4, 0.5) is 5.00 Å². The highest BCUT2D eigenvalue weighted by Crippen LogP contribution is 2.29. The Balaban J connectivity index is 1.92. The van der Waals surface area contributed by atoms with Gasteiger partial charge in [0.05, 0.1) is 12.7 Å². The van der Waals surface area contributed by atoms with Crippen molar-refractivity contribution < 1.29 is 9.53 Å². The molecule has 2 aromatic rings. The van der Waals surface area contributed by atoms with Crippen LogP contribution in [-0.4, -0.2) is 24.7 Å². The third kappa shape index (κ3) is 5.04. The maximum atomic E-state index is 11.8. The Kier molecular flexibility index (Phi) is 6.55. The number of methoxy groups -OCH3 is 1. The van der Waals surface area contributed by atoms with Crippen LogP contribution in [-0.2, 0) is 17.6 Å². The molecular weight excluding hydrogens is 328 g/mol. The number of nitrogens with one attached hydrogen (secondary N) is 2. The van der Waals surface area contributed by atoms with E-state index < -0.39 is 0 Å². The SMILES string of the molecule is CCc1cc(C(=O)OC)c(NC(=S)NCCc2ccccc2)s1. The van der Waals surface area contributed by atoms with E-state index in [2.05, 4.69) is 22.8 Å². The van der Waals surface area contributed by atoms with Crippen molar-refractivity contribution in [1.82, 2.24) is 5.32 Å². The summed E-state index contributed by atoms with van der Waals surface area (Å²) in [6, 6.07) is 12.1. The molecule has 0 saturated carbocycles. The lowest BCUT2D eigenvalue weighted by atomic mass is 10.1. The smallest absolute Gasteiger partial charge is 0.340 e. The van der Waals surface area contributed by atoms with Crippen molar-refractivity contribution in [2.45, 2.75) is 19.8 Å². The summed E-state index contributed by atoms with van der Waals surface area (Å²) < 4.78 is 4.82. The number of anilines is 1. The van der Waals surface area contributed by atoms with Crippen molar-refractivity contribution in [2.24, 2.45) is 0 Å².